The van der Waals surface area contributed by atoms with Crippen LogP contribution in [-0.4, -0.2) is 42.8 Å². The molecule has 180 valence electrons. The van der Waals surface area contributed by atoms with Crippen LogP contribution in [0.4, 0.5) is 0 Å². The van der Waals surface area contributed by atoms with Gasteiger partial charge in [-0.25, -0.2) is 4.98 Å². The van der Waals surface area contributed by atoms with Gasteiger partial charge in [-0.2, -0.15) is 5.10 Å². The number of aromatic nitrogens is 4. The van der Waals surface area contributed by atoms with E-state index in [4.69, 9.17) is 4.98 Å². The molecule has 7 atom stereocenters. The molecule has 4 fully saturated rings. The molecule has 2 aliphatic heterocycles. The van der Waals surface area contributed by atoms with Gasteiger partial charge in [0, 0.05) is 30.4 Å². The van der Waals surface area contributed by atoms with Gasteiger partial charge in [-0.15, -0.1) is 0 Å². The van der Waals surface area contributed by atoms with Crippen molar-refractivity contribution in [2.75, 3.05) is 0 Å². The lowest BCUT2D eigenvalue weighted by molar-refractivity contribution is -0.0637. The van der Waals surface area contributed by atoms with Crippen LogP contribution in [0.15, 0.2) is 36.5 Å². The van der Waals surface area contributed by atoms with E-state index in [9.17, 15) is 0 Å². The smallest absolute Gasteiger partial charge is 0.161 e. The Kier molecular flexibility index (Phi) is 5.30. The van der Waals surface area contributed by atoms with Gasteiger partial charge >= 0.3 is 0 Å². The molecule has 2 saturated heterocycles. The zero-order chi connectivity index (χ0) is 22.6. The third kappa shape index (κ3) is 3.54. The van der Waals surface area contributed by atoms with Crippen LogP contribution in [0.2, 0.25) is 0 Å². The minimum absolute atomic E-state index is 0.499. The maximum atomic E-state index is 5.07. The van der Waals surface area contributed by atoms with Crippen LogP contribution >= 0.6 is 0 Å². The summed E-state index contributed by atoms with van der Waals surface area (Å²) in [4.78, 5) is 8.15. The number of rotatable bonds is 3. The Bertz CT molecular complexity index is 1120. The molecule has 2 aliphatic carbocycles. The third-order valence-corrected chi connectivity index (χ3v) is 9.94. The van der Waals surface area contributed by atoms with Crippen LogP contribution in [0, 0.1) is 17.8 Å². The molecule has 34 heavy (non-hydrogen) atoms. The molecule has 5 heteroatoms. The predicted octanol–water partition coefficient (Wildman–Crippen LogP) is 6.59. The summed E-state index contributed by atoms with van der Waals surface area (Å²) in [6.07, 6.45) is 17.6. The molecule has 1 N–H and O–H groups in total. The minimum Gasteiger partial charge on any atom is -0.319 e. The monoisotopic (exact) mass is 457 g/mol. The highest BCUT2D eigenvalue weighted by atomic mass is 15.3. The average Bonchev–Trinajstić information content (AvgIpc) is 3.48. The summed E-state index contributed by atoms with van der Waals surface area (Å²) in [7, 11) is 0. The Hall–Kier alpha value is -2.14. The van der Waals surface area contributed by atoms with Crippen molar-refractivity contribution in [1.82, 2.24) is 24.6 Å². The Morgan fingerprint density at radius 1 is 0.824 bits per heavy atom. The molecule has 5 nitrogen and oxygen atoms in total. The number of fused-ring (bicyclic) bond motifs is 5. The maximum absolute atomic E-state index is 5.07. The zero-order valence-corrected chi connectivity index (χ0v) is 20.6. The number of H-pyrrole nitrogens is 1. The summed E-state index contributed by atoms with van der Waals surface area (Å²) in [6, 6.07) is 13.5. The number of hydrogen-bond donors (Lipinski definition) is 1. The third-order valence-electron chi connectivity index (χ3n) is 9.94. The minimum atomic E-state index is 0.499. The molecule has 2 saturated carbocycles. The second-order valence-electron chi connectivity index (χ2n) is 12.0. The standard InChI is InChI=1S/C29H39N5/c1-19-10-11-22-17-24(18-28(19)33(22)23-15-20-6-2-3-7-21(14-20)16-23)34-27-9-5-4-8-25(27)31-29(34)26-12-13-30-32-26/h4-5,8-9,12-13,19-24,28H,2-3,6-7,10-11,14-18H2,1H3,(H,30,32)/t19-,20-,21+,22+,23-,24-,28+/m1/s1. The topological polar surface area (TPSA) is 49.7 Å². The van der Waals surface area contributed by atoms with Gasteiger partial charge < -0.3 is 4.57 Å². The number of nitrogens with zero attached hydrogens (tertiary/aromatic N) is 4. The first-order valence-electron chi connectivity index (χ1n) is 14.0. The highest BCUT2D eigenvalue weighted by Gasteiger charge is 2.47. The molecular formula is C29H39N5. The maximum Gasteiger partial charge on any atom is 0.161 e. The predicted molar refractivity (Wildman–Crippen MR) is 136 cm³/mol. The largest absolute Gasteiger partial charge is 0.319 e. The quantitative estimate of drug-likeness (QED) is 0.483. The number of hydrogen-bond acceptors (Lipinski definition) is 3. The van der Waals surface area contributed by atoms with Crippen LogP contribution in [0.5, 0.6) is 0 Å². The molecule has 1 aromatic carbocycles. The van der Waals surface area contributed by atoms with Gasteiger partial charge in [-0.05, 0) is 80.9 Å². The summed E-state index contributed by atoms with van der Waals surface area (Å²) >= 11 is 0. The summed E-state index contributed by atoms with van der Waals surface area (Å²) in [5.74, 6) is 3.80. The molecule has 0 unspecified atom stereocenters. The van der Waals surface area contributed by atoms with Crippen LogP contribution in [0.3, 0.4) is 0 Å². The van der Waals surface area contributed by atoms with Gasteiger partial charge in [-0.1, -0.05) is 44.7 Å². The normalized spacial score (nSPS) is 36.4. The molecular weight excluding hydrogens is 418 g/mol. The fourth-order valence-electron chi connectivity index (χ4n) is 8.51. The van der Waals surface area contributed by atoms with Crippen molar-refractivity contribution < 1.29 is 0 Å². The molecule has 0 amide bonds. The van der Waals surface area contributed by atoms with E-state index in [1.165, 1.54) is 76.1 Å². The van der Waals surface area contributed by atoms with E-state index in [2.05, 4.69) is 56.9 Å². The molecule has 3 aromatic rings. The number of piperidine rings is 2. The molecule has 0 radical (unpaired) electrons. The van der Waals surface area contributed by atoms with E-state index in [0.717, 1.165) is 46.9 Å². The lowest BCUT2D eigenvalue weighted by Crippen LogP contribution is -2.60. The van der Waals surface area contributed by atoms with Crippen molar-refractivity contribution in [2.24, 2.45) is 17.8 Å². The summed E-state index contributed by atoms with van der Waals surface area (Å²) < 4.78 is 2.56. The second kappa shape index (κ2) is 8.51. The van der Waals surface area contributed by atoms with Crippen LogP contribution in [0.25, 0.3) is 22.6 Å². The van der Waals surface area contributed by atoms with Gasteiger partial charge in [0.2, 0.25) is 0 Å². The molecule has 4 aliphatic rings. The van der Waals surface area contributed by atoms with Crippen LogP contribution < -0.4 is 0 Å². The van der Waals surface area contributed by atoms with E-state index in [1.54, 1.807) is 0 Å². The number of aromatic amines is 1. The number of imidazole rings is 1. The van der Waals surface area contributed by atoms with Crippen molar-refractivity contribution in [1.29, 1.82) is 0 Å². The molecule has 2 aromatic heterocycles. The number of nitrogens with one attached hydrogen (secondary N) is 1. The Balaban J connectivity index is 1.24. The van der Waals surface area contributed by atoms with Gasteiger partial charge in [0.15, 0.2) is 5.82 Å². The molecule has 4 bridgehead atoms. The van der Waals surface area contributed by atoms with E-state index in [-0.39, 0.29) is 0 Å². The first-order valence-corrected chi connectivity index (χ1v) is 14.0. The number of benzene rings is 1. The van der Waals surface area contributed by atoms with Gasteiger partial charge in [-0.3, -0.25) is 10.00 Å². The molecule has 7 rings (SSSR count). The Morgan fingerprint density at radius 2 is 1.65 bits per heavy atom. The van der Waals surface area contributed by atoms with Gasteiger partial charge in [0.05, 0.1) is 11.0 Å². The van der Waals surface area contributed by atoms with E-state index in [1.807, 2.05) is 6.20 Å². The zero-order valence-electron chi connectivity index (χ0n) is 20.6. The van der Waals surface area contributed by atoms with Gasteiger partial charge in [0.25, 0.3) is 0 Å². The highest BCUT2D eigenvalue weighted by Crippen LogP contribution is 2.49. The van der Waals surface area contributed by atoms with Crippen molar-refractivity contribution >= 4 is 11.0 Å². The van der Waals surface area contributed by atoms with Crippen molar-refractivity contribution in [2.45, 2.75) is 102 Å². The Morgan fingerprint density at radius 3 is 2.44 bits per heavy atom. The van der Waals surface area contributed by atoms with Crippen LogP contribution in [0.1, 0.15) is 83.6 Å². The summed E-state index contributed by atoms with van der Waals surface area (Å²) in [5, 5.41) is 7.55. The highest BCUT2D eigenvalue weighted by molar-refractivity contribution is 5.80. The summed E-state index contributed by atoms with van der Waals surface area (Å²) in [5.41, 5.74) is 3.33. The second-order valence-corrected chi connectivity index (χ2v) is 12.0. The average molecular weight is 458 g/mol. The van der Waals surface area contributed by atoms with Crippen molar-refractivity contribution in [3.8, 4) is 11.5 Å². The Labute approximate surface area is 203 Å². The van der Waals surface area contributed by atoms with Crippen molar-refractivity contribution in [3.05, 3.63) is 36.5 Å². The van der Waals surface area contributed by atoms with E-state index < -0.39 is 0 Å². The van der Waals surface area contributed by atoms with Gasteiger partial charge in [0.1, 0.15) is 5.69 Å². The SMILES string of the molecule is C[C@@H]1CC[C@H]2C[C@@H](n3c(-c4cc[nH]n4)nc4ccccc43)C[C@@H]1N2[C@@H]1C[C@@H]2CCCC[C@@H](C2)C1. The number of para-hydroxylation sites is 2. The van der Waals surface area contributed by atoms with Crippen molar-refractivity contribution in [3.63, 3.8) is 0 Å². The fraction of sp³-hybridized carbons (Fsp3) is 0.655. The first-order chi connectivity index (χ1) is 16.7. The molecule has 0 spiro atoms. The lowest BCUT2D eigenvalue weighted by Gasteiger charge is -2.56. The van der Waals surface area contributed by atoms with E-state index in [0.29, 0.717) is 12.1 Å². The summed E-state index contributed by atoms with van der Waals surface area (Å²) in [6.45, 7) is 2.53. The van der Waals surface area contributed by atoms with E-state index >= 15 is 0 Å². The fourth-order valence-corrected chi connectivity index (χ4v) is 8.51. The first kappa shape index (κ1) is 21.2. The lowest BCUT2D eigenvalue weighted by atomic mass is 9.71. The van der Waals surface area contributed by atoms with Crippen LogP contribution in [-0.2, 0) is 0 Å². The molecule has 4 heterocycles.